The lowest BCUT2D eigenvalue weighted by molar-refractivity contribution is 0.0696. The fourth-order valence-electron chi connectivity index (χ4n) is 2.31. The molecule has 0 saturated carbocycles. The molecule has 1 N–H and O–H groups in total. The number of hydrogen-bond donors (Lipinski definition) is 1. The van der Waals surface area contributed by atoms with Crippen LogP contribution in [0.5, 0.6) is 0 Å². The predicted octanol–water partition coefficient (Wildman–Crippen LogP) is 2.04. The maximum absolute atomic E-state index is 14.0. The Morgan fingerprint density at radius 3 is 2.38 bits per heavy atom. The minimum atomic E-state index is -3.95. The number of sulfonamides is 1. The summed E-state index contributed by atoms with van der Waals surface area (Å²) in [7, 11) is -3.95. The number of thioether (sulfide) groups is 1. The van der Waals surface area contributed by atoms with Gasteiger partial charge in [-0.15, -0.1) is 0 Å². The van der Waals surface area contributed by atoms with Gasteiger partial charge in [-0.3, -0.25) is 0 Å². The molecule has 1 aromatic carbocycles. The molecule has 0 bridgehead atoms. The lowest BCUT2D eigenvalue weighted by Gasteiger charge is -2.33. The van der Waals surface area contributed by atoms with Gasteiger partial charge in [0.1, 0.15) is 10.7 Å². The zero-order valence-electron chi connectivity index (χ0n) is 11.6. The number of halogens is 1. The van der Waals surface area contributed by atoms with E-state index in [4.69, 9.17) is 5.11 Å². The summed E-state index contributed by atoms with van der Waals surface area (Å²) in [5.41, 5.74) is -0.276. The highest BCUT2D eigenvalue weighted by molar-refractivity contribution is 8.00. The van der Waals surface area contributed by atoms with Gasteiger partial charge in [0.25, 0.3) is 0 Å². The third-order valence-electron chi connectivity index (χ3n) is 3.18. The topological polar surface area (TPSA) is 74.7 Å². The Balaban J connectivity index is 2.37. The molecule has 21 heavy (non-hydrogen) atoms. The molecule has 2 unspecified atom stereocenters. The van der Waals surface area contributed by atoms with Gasteiger partial charge in [-0.25, -0.2) is 17.6 Å². The molecule has 1 aromatic rings. The molecule has 5 nitrogen and oxygen atoms in total. The molecule has 1 heterocycles. The monoisotopic (exact) mass is 333 g/mol. The van der Waals surface area contributed by atoms with Gasteiger partial charge >= 0.3 is 5.97 Å². The maximum Gasteiger partial charge on any atom is 0.335 e. The van der Waals surface area contributed by atoms with Gasteiger partial charge in [0.2, 0.25) is 10.0 Å². The molecule has 116 valence electrons. The summed E-state index contributed by atoms with van der Waals surface area (Å²) in [6.07, 6.45) is 0. The Labute approximate surface area is 127 Å². The van der Waals surface area contributed by atoms with Crippen LogP contribution in [0.25, 0.3) is 0 Å². The molecule has 2 atom stereocenters. The molecule has 8 heteroatoms. The quantitative estimate of drug-likeness (QED) is 0.916. The van der Waals surface area contributed by atoms with Crippen LogP contribution in [0.15, 0.2) is 23.1 Å². The Morgan fingerprint density at radius 2 is 1.90 bits per heavy atom. The fraction of sp³-hybridized carbons (Fsp3) is 0.462. The van der Waals surface area contributed by atoms with Crippen molar-refractivity contribution >= 4 is 27.8 Å². The van der Waals surface area contributed by atoms with Crippen molar-refractivity contribution < 1.29 is 22.7 Å². The molecule has 0 aliphatic carbocycles. The number of carboxylic acid groups (broad SMARTS) is 1. The Kier molecular flexibility index (Phi) is 4.60. The predicted molar refractivity (Wildman–Crippen MR) is 78.6 cm³/mol. The summed E-state index contributed by atoms with van der Waals surface area (Å²) in [6.45, 7) is 4.48. The van der Waals surface area contributed by atoms with Crippen LogP contribution in [0.4, 0.5) is 4.39 Å². The van der Waals surface area contributed by atoms with E-state index in [1.54, 1.807) is 11.8 Å². The van der Waals surface area contributed by atoms with Gasteiger partial charge in [-0.1, -0.05) is 13.8 Å². The molecular weight excluding hydrogens is 317 g/mol. The van der Waals surface area contributed by atoms with Crippen molar-refractivity contribution in [3.05, 3.63) is 29.6 Å². The highest BCUT2D eigenvalue weighted by Crippen LogP contribution is 2.29. The van der Waals surface area contributed by atoms with Crippen molar-refractivity contribution in [3.63, 3.8) is 0 Å². The molecule has 1 aliphatic rings. The van der Waals surface area contributed by atoms with E-state index < -0.39 is 26.7 Å². The van der Waals surface area contributed by atoms with Crippen LogP contribution in [-0.4, -0.2) is 47.4 Å². The Bertz CT molecular complexity index is 652. The van der Waals surface area contributed by atoms with E-state index in [0.29, 0.717) is 13.1 Å². The third kappa shape index (κ3) is 3.38. The number of nitrogens with zero attached hydrogens (tertiary/aromatic N) is 1. The van der Waals surface area contributed by atoms with Crippen LogP contribution >= 0.6 is 11.8 Å². The summed E-state index contributed by atoms with van der Waals surface area (Å²) in [6, 6.07) is 2.86. The number of rotatable bonds is 3. The standard InChI is InChI=1S/C13H16FNO4S2/c1-8-6-15(7-9(2)20-8)21(18,19)12-4-3-10(13(16)17)5-11(12)14/h3-5,8-9H,6-7H2,1-2H3,(H,16,17). The van der Waals surface area contributed by atoms with E-state index >= 15 is 0 Å². The molecule has 0 amide bonds. The van der Waals surface area contributed by atoms with Gasteiger partial charge < -0.3 is 5.11 Å². The largest absolute Gasteiger partial charge is 0.478 e. The molecule has 0 spiro atoms. The van der Waals surface area contributed by atoms with E-state index in [9.17, 15) is 17.6 Å². The van der Waals surface area contributed by atoms with Crippen LogP contribution in [0.3, 0.4) is 0 Å². The molecule has 2 rings (SSSR count). The van der Waals surface area contributed by atoms with Gasteiger partial charge in [-0.05, 0) is 18.2 Å². The average molecular weight is 333 g/mol. The zero-order chi connectivity index (χ0) is 15.8. The van der Waals surface area contributed by atoms with E-state index in [2.05, 4.69) is 0 Å². The molecule has 1 aliphatic heterocycles. The fourth-order valence-corrected chi connectivity index (χ4v) is 5.49. The first-order chi connectivity index (χ1) is 9.71. The van der Waals surface area contributed by atoms with Crippen molar-refractivity contribution in [2.45, 2.75) is 29.2 Å². The third-order valence-corrected chi connectivity index (χ3v) is 6.28. The summed E-state index contributed by atoms with van der Waals surface area (Å²) in [4.78, 5) is 10.3. The second-order valence-corrected chi connectivity index (χ2v) is 8.82. The second-order valence-electron chi connectivity index (χ2n) is 5.03. The lowest BCUT2D eigenvalue weighted by atomic mass is 10.2. The van der Waals surface area contributed by atoms with Crippen molar-refractivity contribution in [2.24, 2.45) is 0 Å². The first kappa shape index (κ1) is 16.3. The Hall–Kier alpha value is -1.12. The number of carboxylic acids is 1. The molecule has 1 saturated heterocycles. The number of aromatic carboxylic acids is 1. The van der Waals surface area contributed by atoms with E-state index in [1.165, 1.54) is 4.31 Å². The van der Waals surface area contributed by atoms with Crippen LogP contribution in [-0.2, 0) is 10.0 Å². The van der Waals surface area contributed by atoms with Gasteiger partial charge in [-0.2, -0.15) is 16.1 Å². The molecular formula is C13H16FNO4S2. The summed E-state index contributed by atoms with van der Waals surface area (Å²) in [5.74, 6) is -2.33. The first-order valence-corrected chi connectivity index (χ1v) is 8.78. The lowest BCUT2D eigenvalue weighted by Crippen LogP contribution is -2.44. The van der Waals surface area contributed by atoms with Crippen molar-refractivity contribution in [3.8, 4) is 0 Å². The number of carbonyl (C=O) groups is 1. The zero-order valence-corrected chi connectivity index (χ0v) is 13.2. The number of hydrogen-bond acceptors (Lipinski definition) is 4. The van der Waals surface area contributed by atoms with Crippen LogP contribution < -0.4 is 0 Å². The van der Waals surface area contributed by atoms with Gasteiger partial charge in [0, 0.05) is 23.6 Å². The molecule has 0 aromatic heterocycles. The van der Waals surface area contributed by atoms with Crippen LogP contribution in [0.1, 0.15) is 24.2 Å². The van der Waals surface area contributed by atoms with E-state index in [0.717, 1.165) is 18.2 Å². The smallest absolute Gasteiger partial charge is 0.335 e. The van der Waals surface area contributed by atoms with Gasteiger partial charge in [0.05, 0.1) is 5.56 Å². The van der Waals surface area contributed by atoms with Crippen LogP contribution in [0.2, 0.25) is 0 Å². The van der Waals surface area contributed by atoms with E-state index in [1.807, 2.05) is 13.8 Å². The minimum Gasteiger partial charge on any atom is -0.478 e. The maximum atomic E-state index is 14.0. The highest BCUT2D eigenvalue weighted by atomic mass is 32.2. The van der Waals surface area contributed by atoms with Crippen molar-refractivity contribution in [1.82, 2.24) is 4.31 Å². The normalized spacial score (nSPS) is 24.0. The molecule has 1 fully saturated rings. The number of benzene rings is 1. The Morgan fingerprint density at radius 1 is 1.33 bits per heavy atom. The van der Waals surface area contributed by atoms with Crippen molar-refractivity contribution in [2.75, 3.05) is 13.1 Å². The minimum absolute atomic E-state index is 0.130. The summed E-state index contributed by atoms with van der Waals surface area (Å²) < 4.78 is 40.3. The average Bonchev–Trinajstić information content (AvgIpc) is 2.36. The second kappa shape index (κ2) is 5.94. The van der Waals surface area contributed by atoms with Crippen LogP contribution in [0, 0.1) is 5.82 Å². The SMILES string of the molecule is CC1CN(S(=O)(=O)c2ccc(C(=O)O)cc2F)CC(C)S1. The summed E-state index contributed by atoms with van der Waals surface area (Å²) >= 11 is 1.69. The van der Waals surface area contributed by atoms with E-state index in [-0.39, 0.29) is 16.1 Å². The first-order valence-electron chi connectivity index (χ1n) is 6.40. The summed E-state index contributed by atoms with van der Waals surface area (Å²) in [5, 5.41) is 9.05. The highest BCUT2D eigenvalue weighted by Gasteiger charge is 2.33. The molecule has 0 radical (unpaired) electrons. The van der Waals surface area contributed by atoms with Crippen molar-refractivity contribution in [1.29, 1.82) is 0 Å². The van der Waals surface area contributed by atoms with Gasteiger partial charge in [0.15, 0.2) is 0 Å².